The van der Waals surface area contributed by atoms with Crippen LogP contribution in [-0.4, -0.2) is 42.7 Å². The molecule has 0 saturated carbocycles. The highest BCUT2D eigenvalue weighted by atomic mass is 16.5. The minimum atomic E-state index is -0.0225. The van der Waals surface area contributed by atoms with E-state index >= 15 is 0 Å². The minimum absolute atomic E-state index is 0.0225. The molecular weight excluding hydrogens is 342 g/mol. The van der Waals surface area contributed by atoms with E-state index in [9.17, 15) is 4.79 Å². The van der Waals surface area contributed by atoms with E-state index in [2.05, 4.69) is 10.3 Å². The monoisotopic (exact) mass is 369 g/mol. The Labute approximate surface area is 160 Å². The first-order chi connectivity index (χ1) is 13.2. The van der Waals surface area contributed by atoms with Crippen LogP contribution in [0.25, 0.3) is 11.4 Å². The second-order valence-corrected chi connectivity index (χ2v) is 6.63. The lowest BCUT2D eigenvalue weighted by Gasteiger charge is -2.14. The molecule has 1 N–H and O–H groups in total. The minimum Gasteiger partial charge on any atom is -0.478 e. The van der Waals surface area contributed by atoms with Gasteiger partial charge >= 0.3 is 0 Å². The van der Waals surface area contributed by atoms with Crippen molar-refractivity contribution in [2.45, 2.75) is 32.6 Å². The predicted octanol–water partition coefficient (Wildman–Crippen LogP) is 2.80. The molecule has 0 bridgehead atoms. The van der Waals surface area contributed by atoms with E-state index in [0.717, 1.165) is 42.5 Å². The molecule has 0 radical (unpaired) electrons. The molecule has 0 spiro atoms. The summed E-state index contributed by atoms with van der Waals surface area (Å²) in [6, 6.07) is 9.93. The van der Waals surface area contributed by atoms with Gasteiger partial charge in [0.2, 0.25) is 11.8 Å². The molecule has 144 valence electrons. The number of amides is 1. The number of ether oxygens (including phenoxy) is 2. The van der Waals surface area contributed by atoms with Gasteiger partial charge in [0.25, 0.3) is 0 Å². The lowest BCUT2D eigenvalue weighted by atomic mass is 9.99. The summed E-state index contributed by atoms with van der Waals surface area (Å²) < 4.78 is 10.8. The van der Waals surface area contributed by atoms with Gasteiger partial charge in [0, 0.05) is 30.7 Å². The Balaban J connectivity index is 1.82. The number of fused-ring (bicyclic) bond motifs is 1. The van der Waals surface area contributed by atoms with E-state index < -0.39 is 0 Å². The summed E-state index contributed by atoms with van der Waals surface area (Å²) in [5.41, 5.74) is 3.02. The van der Waals surface area contributed by atoms with Crippen molar-refractivity contribution >= 4 is 5.91 Å². The molecule has 1 unspecified atom stereocenters. The highest BCUT2D eigenvalue weighted by Crippen LogP contribution is 2.31. The zero-order chi connectivity index (χ0) is 19.1. The summed E-state index contributed by atoms with van der Waals surface area (Å²) in [5.74, 6) is 1.40. The third-order valence-electron chi connectivity index (χ3n) is 4.82. The zero-order valence-electron chi connectivity index (χ0n) is 16.0. The second-order valence-electron chi connectivity index (χ2n) is 6.63. The molecule has 6 heteroatoms. The third kappa shape index (κ3) is 4.83. The number of rotatable bonds is 7. The van der Waals surface area contributed by atoms with Crippen LogP contribution in [0, 0.1) is 5.92 Å². The van der Waals surface area contributed by atoms with Gasteiger partial charge in [-0.15, -0.1) is 0 Å². The third-order valence-corrected chi connectivity index (χ3v) is 4.82. The van der Waals surface area contributed by atoms with Crippen LogP contribution in [0.1, 0.15) is 31.0 Å². The summed E-state index contributed by atoms with van der Waals surface area (Å²) in [6.45, 7) is 3.58. The average molecular weight is 369 g/mol. The van der Waals surface area contributed by atoms with Crippen molar-refractivity contribution in [2.24, 2.45) is 5.92 Å². The van der Waals surface area contributed by atoms with Crippen molar-refractivity contribution in [2.75, 3.05) is 26.9 Å². The van der Waals surface area contributed by atoms with Crippen molar-refractivity contribution in [3.05, 3.63) is 41.6 Å². The Morgan fingerprint density at radius 1 is 1.19 bits per heavy atom. The van der Waals surface area contributed by atoms with Gasteiger partial charge in [-0.3, -0.25) is 4.79 Å². The fourth-order valence-corrected chi connectivity index (χ4v) is 3.39. The van der Waals surface area contributed by atoms with E-state index in [0.29, 0.717) is 31.5 Å². The van der Waals surface area contributed by atoms with Gasteiger partial charge in [-0.25, -0.2) is 4.98 Å². The van der Waals surface area contributed by atoms with E-state index in [1.807, 2.05) is 37.3 Å². The number of benzene rings is 1. The molecule has 1 heterocycles. The van der Waals surface area contributed by atoms with Crippen LogP contribution in [0.5, 0.6) is 5.88 Å². The van der Waals surface area contributed by atoms with E-state index in [1.54, 1.807) is 7.11 Å². The smallest absolute Gasteiger partial charge is 0.223 e. The number of aromatic nitrogens is 2. The first-order valence-corrected chi connectivity index (χ1v) is 9.57. The van der Waals surface area contributed by atoms with Gasteiger partial charge in [-0.2, -0.15) is 4.98 Å². The molecule has 1 aliphatic rings. The average Bonchev–Trinajstić information content (AvgIpc) is 2.92. The molecule has 1 aromatic heterocycles. The van der Waals surface area contributed by atoms with Crippen molar-refractivity contribution in [3.8, 4) is 17.3 Å². The Bertz CT molecular complexity index is 765. The first kappa shape index (κ1) is 19.3. The standard InChI is InChI=1S/C21H27N3O3/c1-3-27-21-17-11-9-16(20(25)22-13-14-26-2)10-12-18(17)23-19(24-21)15-7-5-4-6-8-15/h4-8,16H,3,9-14H2,1-2H3,(H,22,25). The molecule has 27 heavy (non-hydrogen) atoms. The number of nitrogens with zero attached hydrogens (tertiary/aromatic N) is 2. The van der Waals surface area contributed by atoms with Crippen molar-refractivity contribution in [3.63, 3.8) is 0 Å². The molecule has 1 aromatic carbocycles. The molecule has 1 aliphatic carbocycles. The fraction of sp³-hybridized carbons (Fsp3) is 0.476. The van der Waals surface area contributed by atoms with E-state index in [1.165, 1.54) is 0 Å². The Morgan fingerprint density at radius 3 is 2.70 bits per heavy atom. The summed E-state index contributed by atoms with van der Waals surface area (Å²) in [5, 5.41) is 2.95. The van der Waals surface area contributed by atoms with Crippen LogP contribution in [0.2, 0.25) is 0 Å². The van der Waals surface area contributed by atoms with Gasteiger partial charge in [0.1, 0.15) is 0 Å². The first-order valence-electron chi connectivity index (χ1n) is 9.57. The molecule has 3 rings (SSSR count). The zero-order valence-corrected chi connectivity index (χ0v) is 16.0. The van der Waals surface area contributed by atoms with Crippen LogP contribution in [0.15, 0.2) is 30.3 Å². The summed E-state index contributed by atoms with van der Waals surface area (Å²) >= 11 is 0. The van der Waals surface area contributed by atoms with E-state index in [4.69, 9.17) is 14.5 Å². The molecule has 2 aromatic rings. The number of nitrogens with one attached hydrogen (secondary N) is 1. The van der Waals surface area contributed by atoms with Gasteiger partial charge in [0.15, 0.2) is 5.82 Å². The topological polar surface area (TPSA) is 73.3 Å². The number of aryl methyl sites for hydroxylation is 1. The van der Waals surface area contributed by atoms with Gasteiger partial charge in [0.05, 0.1) is 18.9 Å². The van der Waals surface area contributed by atoms with Crippen LogP contribution in [0.4, 0.5) is 0 Å². The maximum atomic E-state index is 12.4. The summed E-state index contributed by atoms with van der Waals surface area (Å²) in [6.07, 6.45) is 3.06. The second kappa shape index (κ2) is 9.46. The summed E-state index contributed by atoms with van der Waals surface area (Å²) in [7, 11) is 1.63. The van der Waals surface area contributed by atoms with Crippen molar-refractivity contribution < 1.29 is 14.3 Å². The number of methoxy groups -OCH3 is 1. The largest absolute Gasteiger partial charge is 0.478 e. The SMILES string of the molecule is CCOc1nc(-c2ccccc2)nc2c1CCC(C(=O)NCCOC)CC2. The van der Waals surface area contributed by atoms with Gasteiger partial charge in [-0.05, 0) is 32.6 Å². The molecule has 1 atom stereocenters. The highest BCUT2D eigenvalue weighted by molar-refractivity contribution is 5.78. The quantitative estimate of drug-likeness (QED) is 0.600. The maximum Gasteiger partial charge on any atom is 0.223 e. The number of hydrogen-bond acceptors (Lipinski definition) is 5. The van der Waals surface area contributed by atoms with Crippen LogP contribution >= 0.6 is 0 Å². The van der Waals surface area contributed by atoms with E-state index in [-0.39, 0.29) is 11.8 Å². The van der Waals surface area contributed by atoms with Gasteiger partial charge in [-0.1, -0.05) is 30.3 Å². The van der Waals surface area contributed by atoms with Gasteiger partial charge < -0.3 is 14.8 Å². The predicted molar refractivity (Wildman–Crippen MR) is 104 cm³/mol. The molecule has 0 fully saturated rings. The van der Waals surface area contributed by atoms with Crippen LogP contribution in [-0.2, 0) is 22.4 Å². The molecule has 6 nitrogen and oxygen atoms in total. The molecule has 1 amide bonds. The lowest BCUT2D eigenvalue weighted by Crippen LogP contribution is -2.33. The van der Waals surface area contributed by atoms with Crippen LogP contribution < -0.4 is 10.1 Å². The Hall–Kier alpha value is -2.47. The number of hydrogen-bond donors (Lipinski definition) is 1. The maximum absolute atomic E-state index is 12.4. The van der Waals surface area contributed by atoms with Crippen LogP contribution in [0.3, 0.4) is 0 Å². The lowest BCUT2D eigenvalue weighted by molar-refractivity contribution is -0.125. The highest BCUT2D eigenvalue weighted by Gasteiger charge is 2.26. The van der Waals surface area contributed by atoms with Crippen molar-refractivity contribution in [1.29, 1.82) is 0 Å². The molecule has 0 aliphatic heterocycles. The Kier molecular flexibility index (Phi) is 6.76. The molecular formula is C21H27N3O3. The number of carbonyl (C=O) groups is 1. The Morgan fingerprint density at radius 2 is 1.96 bits per heavy atom. The normalized spacial score (nSPS) is 16.3. The number of carbonyl (C=O) groups excluding carboxylic acids is 1. The fourth-order valence-electron chi connectivity index (χ4n) is 3.39. The summed E-state index contributed by atoms with van der Waals surface area (Å²) in [4.78, 5) is 21.9. The van der Waals surface area contributed by atoms with Crippen molar-refractivity contribution in [1.82, 2.24) is 15.3 Å². The molecule has 0 saturated heterocycles.